The van der Waals surface area contributed by atoms with E-state index < -0.39 is 11.1 Å². The van der Waals surface area contributed by atoms with E-state index in [4.69, 9.17) is 5.73 Å². The van der Waals surface area contributed by atoms with Crippen LogP contribution in [0.1, 0.15) is 59.5 Å². The van der Waals surface area contributed by atoms with Gasteiger partial charge in [0.05, 0.1) is 5.69 Å². The van der Waals surface area contributed by atoms with E-state index in [1.165, 1.54) is 0 Å². The number of hydrogen-bond acceptors (Lipinski definition) is 4. The Kier molecular flexibility index (Phi) is 5.64. The zero-order valence-electron chi connectivity index (χ0n) is 15.6. The zero-order valence-corrected chi connectivity index (χ0v) is 15.6. The first-order valence-electron chi connectivity index (χ1n) is 8.40. The van der Waals surface area contributed by atoms with Crippen LogP contribution in [0.15, 0.2) is 42.5 Å². The number of rotatable bonds is 5. The molecule has 0 saturated carbocycles. The molecule has 0 heterocycles. The molecule has 0 aliphatic carbocycles. The summed E-state index contributed by atoms with van der Waals surface area (Å²) in [4.78, 5) is 21.9. The molecule has 4 heteroatoms. The van der Waals surface area contributed by atoms with Crippen LogP contribution >= 0.6 is 0 Å². The first kappa shape index (κ1) is 19.4. The fourth-order valence-corrected chi connectivity index (χ4v) is 2.13. The summed E-state index contributed by atoms with van der Waals surface area (Å²) in [6.07, 6.45) is 1.61. The minimum Gasteiger partial charge on any atom is -0.377 e. The SMILES string of the molecule is CC(C)(N)C(C)(C)Nc1cc(C=O)ccc1C#Cc1ccc(C=O)cc1. The highest BCUT2D eigenvalue weighted by molar-refractivity contribution is 5.79. The first-order chi connectivity index (χ1) is 12.2. The van der Waals surface area contributed by atoms with E-state index in [2.05, 4.69) is 17.2 Å². The zero-order chi connectivity index (χ0) is 19.4. The predicted molar refractivity (Wildman–Crippen MR) is 106 cm³/mol. The molecule has 0 saturated heterocycles. The number of carbonyl (C=O) groups excluding carboxylic acids is 2. The van der Waals surface area contributed by atoms with Crippen LogP contribution in [0.4, 0.5) is 5.69 Å². The third kappa shape index (κ3) is 4.59. The van der Waals surface area contributed by atoms with Crippen LogP contribution in [0.3, 0.4) is 0 Å². The van der Waals surface area contributed by atoms with Gasteiger partial charge in [0.2, 0.25) is 0 Å². The number of benzene rings is 2. The molecule has 0 spiro atoms. The van der Waals surface area contributed by atoms with Gasteiger partial charge in [0, 0.05) is 33.3 Å². The standard InChI is InChI=1S/C22H24N2O2/c1-21(2,23)22(3,4)24-20-13-18(15-26)10-12-19(20)11-9-16-5-7-17(14-25)8-6-16/h5-8,10,12-15,24H,23H2,1-4H3. The third-order valence-corrected chi connectivity index (χ3v) is 4.63. The van der Waals surface area contributed by atoms with Crippen molar-refractivity contribution in [1.82, 2.24) is 0 Å². The van der Waals surface area contributed by atoms with Crippen LogP contribution in [-0.2, 0) is 0 Å². The molecular formula is C22H24N2O2. The van der Waals surface area contributed by atoms with Crippen LogP contribution in [0.25, 0.3) is 0 Å². The molecule has 0 aromatic heterocycles. The lowest BCUT2D eigenvalue weighted by Crippen LogP contribution is -2.57. The predicted octanol–water partition coefficient (Wildman–Crippen LogP) is 3.64. The normalized spacial score (nSPS) is 11.3. The molecule has 3 N–H and O–H groups in total. The van der Waals surface area contributed by atoms with Gasteiger partial charge in [0.15, 0.2) is 0 Å². The number of aldehydes is 2. The lowest BCUT2D eigenvalue weighted by atomic mass is 9.83. The quantitative estimate of drug-likeness (QED) is 0.639. The molecule has 0 aliphatic rings. The number of nitrogens with two attached hydrogens (primary N) is 1. The van der Waals surface area contributed by atoms with Gasteiger partial charge in [-0.05, 0) is 52.0 Å². The molecule has 26 heavy (non-hydrogen) atoms. The van der Waals surface area contributed by atoms with Crippen molar-refractivity contribution in [2.75, 3.05) is 5.32 Å². The molecule has 2 rings (SSSR count). The summed E-state index contributed by atoms with van der Waals surface area (Å²) < 4.78 is 0. The number of carbonyl (C=O) groups is 2. The maximum absolute atomic E-state index is 11.2. The van der Waals surface area contributed by atoms with Gasteiger partial charge in [-0.1, -0.05) is 30.0 Å². The molecule has 2 aromatic carbocycles. The molecular weight excluding hydrogens is 324 g/mol. The number of nitrogens with one attached hydrogen (secondary N) is 1. The summed E-state index contributed by atoms with van der Waals surface area (Å²) >= 11 is 0. The third-order valence-electron chi connectivity index (χ3n) is 4.63. The molecule has 2 aromatic rings. The van der Waals surface area contributed by atoms with Gasteiger partial charge >= 0.3 is 0 Å². The van der Waals surface area contributed by atoms with Gasteiger partial charge in [0.25, 0.3) is 0 Å². The molecule has 4 nitrogen and oxygen atoms in total. The summed E-state index contributed by atoms with van der Waals surface area (Å²) in [5, 5.41) is 3.42. The van der Waals surface area contributed by atoms with Crippen LogP contribution < -0.4 is 11.1 Å². The average Bonchev–Trinajstić information content (AvgIpc) is 2.59. The Labute approximate surface area is 154 Å². The highest BCUT2D eigenvalue weighted by atomic mass is 16.1. The van der Waals surface area contributed by atoms with E-state index in [0.717, 1.165) is 29.4 Å². The van der Waals surface area contributed by atoms with Crippen LogP contribution in [-0.4, -0.2) is 23.7 Å². The second-order valence-electron chi connectivity index (χ2n) is 7.38. The van der Waals surface area contributed by atoms with Gasteiger partial charge in [-0.2, -0.15) is 0 Å². The second-order valence-corrected chi connectivity index (χ2v) is 7.38. The van der Waals surface area contributed by atoms with Crippen molar-refractivity contribution in [2.24, 2.45) is 5.73 Å². The first-order valence-corrected chi connectivity index (χ1v) is 8.40. The van der Waals surface area contributed by atoms with E-state index in [1.54, 1.807) is 36.4 Å². The van der Waals surface area contributed by atoms with Gasteiger partial charge in [-0.3, -0.25) is 9.59 Å². The maximum atomic E-state index is 11.2. The van der Waals surface area contributed by atoms with Gasteiger partial charge in [0.1, 0.15) is 12.6 Å². The molecule has 134 valence electrons. The summed E-state index contributed by atoms with van der Waals surface area (Å²) in [7, 11) is 0. The summed E-state index contributed by atoms with van der Waals surface area (Å²) in [5.74, 6) is 6.22. The Hall–Kier alpha value is -2.90. The van der Waals surface area contributed by atoms with Crippen molar-refractivity contribution >= 4 is 18.3 Å². The Morgan fingerprint density at radius 3 is 2.00 bits per heavy atom. The Balaban J connectivity index is 2.41. The van der Waals surface area contributed by atoms with E-state index in [-0.39, 0.29) is 0 Å². The Morgan fingerprint density at radius 2 is 1.46 bits per heavy atom. The fourth-order valence-electron chi connectivity index (χ4n) is 2.13. The van der Waals surface area contributed by atoms with E-state index in [1.807, 2.05) is 33.8 Å². The van der Waals surface area contributed by atoms with Crippen molar-refractivity contribution in [3.05, 3.63) is 64.7 Å². The van der Waals surface area contributed by atoms with Crippen LogP contribution in [0.5, 0.6) is 0 Å². The number of anilines is 1. The largest absolute Gasteiger partial charge is 0.377 e. The van der Waals surface area contributed by atoms with Crippen molar-refractivity contribution < 1.29 is 9.59 Å². The lowest BCUT2D eigenvalue weighted by Gasteiger charge is -2.40. The van der Waals surface area contributed by atoms with Gasteiger partial charge in [-0.25, -0.2) is 0 Å². The fraction of sp³-hybridized carbons (Fsp3) is 0.273. The number of hydrogen-bond donors (Lipinski definition) is 2. The lowest BCUT2D eigenvalue weighted by molar-refractivity contribution is 0.111. The smallest absolute Gasteiger partial charge is 0.150 e. The second kappa shape index (κ2) is 7.55. The highest BCUT2D eigenvalue weighted by Gasteiger charge is 2.33. The van der Waals surface area contributed by atoms with Crippen molar-refractivity contribution in [3.8, 4) is 11.8 Å². The monoisotopic (exact) mass is 348 g/mol. The van der Waals surface area contributed by atoms with E-state index in [0.29, 0.717) is 11.1 Å². The Bertz CT molecular complexity index is 864. The van der Waals surface area contributed by atoms with E-state index in [9.17, 15) is 9.59 Å². The van der Waals surface area contributed by atoms with Crippen LogP contribution in [0, 0.1) is 11.8 Å². The molecule has 0 unspecified atom stereocenters. The van der Waals surface area contributed by atoms with Gasteiger partial charge in [-0.15, -0.1) is 0 Å². The van der Waals surface area contributed by atoms with Crippen molar-refractivity contribution in [3.63, 3.8) is 0 Å². The van der Waals surface area contributed by atoms with Gasteiger partial charge < -0.3 is 11.1 Å². The molecule has 0 radical (unpaired) electrons. The highest BCUT2D eigenvalue weighted by Crippen LogP contribution is 2.27. The summed E-state index contributed by atoms with van der Waals surface area (Å²) in [6.45, 7) is 7.92. The van der Waals surface area contributed by atoms with Crippen LogP contribution in [0.2, 0.25) is 0 Å². The molecule has 0 aliphatic heterocycles. The molecule has 0 bridgehead atoms. The average molecular weight is 348 g/mol. The molecule has 0 amide bonds. The molecule has 0 fully saturated rings. The summed E-state index contributed by atoms with van der Waals surface area (Å²) in [6, 6.07) is 12.4. The summed E-state index contributed by atoms with van der Waals surface area (Å²) in [5.41, 5.74) is 8.89. The van der Waals surface area contributed by atoms with E-state index >= 15 is 0 Å². The maximum Gasteiger partial charge on any atom is 0.150 e. The molecule has 0 atom stereocenters. The minimum absolute atomic E-state index is 0.420. The van der Waals surface area contributed by atoms with Crippen molar-refractivity contribution in [1.29, 1.82) is 0 Å². The topological polar surface area (TPSA) is 72.2 Å². The minimum atomic E-state index is -0.487. The Morgan fingerprint density at radius 1 is 0.885 bits per heavy atom. The van der Waals surface area contributed by atoms with Crippen molar-refractivity contribution in [2.45, 2.75) is 38.8 Å².